The van der Waals surface area contributed by atoms with E-state index in [-0.39, 0.29) is 19.6 Å². The van der Waals surface area contributed by atoms with Crippen LogP contribution in [0.3, 0.4) is 0 Å². The Bertz CT molecular complexity index is 1260. The molecule has 0 aromatic carbocycles. The summed E-state index contributed by atoms with van der Waals surface area (Å²) in [5.74, 6) is -0.404. The molecule has 6 unspecified atom stereocenters. The number of allylic oxidation sites excluding steroid dienone is 4. The SMILES string of the molecule is CCCCCCC/C=C\CCCCCCCC(=O)OC(COCCCCCCCCCCCCCCCC/C=C\CCCCCCCCCC)COC1OC(CO)C(O)C(OS(=O)(=O)O)C1O. The fraction of sp³-hybridized carbons (Fsp3) is 0.907. The van der Waals surface area contributed by atoms with E-state index in [2.05, 4.69) is 42.3 Å². The summed E-state index contributed by atoms with van der Waals surface area (Å²) < 4.78 is 59.3. The lowest BCUT2D eigenvalue weighted by atomic mass is 9.99. The van der Waals surface area contributed by atoms with Crippen molar-refractivity contribution in [3.63, 3.8) is 0 Å². The first-order chi connectivity index (χ1) is 32.6. The highest BCUT2D eigenvalue weighted by Crippen LogP contribution is 2.26. The van der Waals surface area contributed by atoms with E-state index in [1.165, 1.54) is 167 Å². The van der Waals surface area contributed by atoms with E-state index in [1.807, 2.05) is 0 Å². The van der Waals surface area contributed by atoms with Gasteiger partial charge in [0, 0.05) is 13.0 Å². The highest BCUT2D eigenvalue weighted by atomic mass is 32.3. The highest BCUT2D eigenvalue weighted by molar-refractivity contribution is 7.80. The minimum atomic E-state index is -5.06. The summed E-state index contributed by atoms with van der Waals surface area (Å²) in [5.41, 5.74) is 0. The van der Waals surface area contributed by atoms with Crippen LogP contribution in [0.5, 0.6) is 0 Å². The molecule has 4 N–H and O–H groups in total. The van der Waals surface area contributed by atoms with Gasteiger partial charge in [-0.15, -0.1) is 0 Å². The summed E-state index contributed by atoms with van der Waals surface area (Å²) in [7, 11) is -5.06. The quantitative estimate of drug-likeness (QED) is 0.0197. The Morgan fingerprint density at radius 3 is 1.34 bits per heavy atom. The van der Waals surface area contributed by atoms with E-state index < -0.39 is 59.8 Å². The fourth-order valence-corrected chi connectivity index (χ4v) is 9.11. The van der Waals surface area contributed by atoms with Gasteiger partial charge in [-0.25, -0.2) is 4.18 Å². The highest BCUT2D eigenvalue weighted by Gasteiger charge is 2.48. The topological polar surface area (TPSA) is 178 Å². The van der Waals surface area contributed by atoms with Gasteiger partial charge in [0.2, 0.25) is 0 Å². The number of aliphatic hydroxyl groups excluding tert-OH is 3. The number of carbonyl (C=O) groups is 1. The predicted octanol–water partition coefficient (Wildman–Crippen LogP) is 13.1. The molecular formula is C54H102O12S. The van der Waals surface area contributed by atoms with Crippen molar-refractivity contribution in [2.24, 2.45) is 0 Å². The van der Waals surface area contributed by atoms with Crippen LogP contribution in [0.15, 0.2) is 24.3 Å². The Hall–Kier alpha value is -1.42. The van der Waals surface area contributed by atoms with Crippen molar-refractivity contribution in [3.8, 4) is 0 Å². The maximum atomic E-state index is 12.9. The number of aliphatic hydroxyl groups is 3. The largest absolute Gasteiger partial charge is 0.457 e. The first-order valence-corrected chi connectivity index (χ1v) is 29.0. The molecule has 0 aliphatic carbocycles. The van der Waals surface area contributed by atoms with Crippen LogP contribution in [0, 0.1) is 0 Å². The lowest BCUT2D eigenvalue weighted by Gasteiger charge is -2.41. The van der Waals surface area contributed by atoms with E-state index in [1.54, 1.807) is 0 Å². The van der Waals surface area contributed by atoms with E-state index in [9.17, 15) is 33.1 Å². The number of hydrogen-bond donors (Lipinski definition) is 4. The van der Waals surface area contributed by atoms with E-state index >= 15 is 0 Å². The summed E-state index contributed by atoms with van der Waals surface area (Å²) in [4.78, 5) is 12.9. The molecule has 0 aromatic rings. The van der Waals surface area contributed by atoms with Gasteiger partial charge >= 0.3 is 16.4 Å². The van der Waals surface area contributed by atoms with Crippen LogP contribution in [-0.2, 0) is 38.3 Å². The van der Waals surface area contributed by atoms with Crippen LogP contribution >= 0.6 is 0 Å². The van der Waals surface area contributed by atoms with Crippen LogP contribution in [0.4, 0.5) is 0 Å². The first-order valence-electron chi connectivity index (χ1n) is 27.6. The predicted molar refractivity (Wildman–Crippen MR) is 271 cm³/mol. The molecule has 6 atom stereocenters. The molecule has 1 fully saturated rings. The summed E-state index contributed by atoms with van der Waals surface area (Å²) in [6.07, 6.45) is 45.1. The van der Waals surface area contributed by atoms with Crippen molar-refractivity contribution in [2.75, 3.05) is 26.4 Å². The fourth-order valence-electron chi connectivity index (χ4n) is 8.61. The third kappa shape index (κ3) is 39.0. The molecular weight excluding hydrogens is 873 g/mol. The first kappa shape index (κ1) is 63.6. The Labute approximate surface area is 410 Å². The van der Waals surface area contributed by atoms with Gasteiger partial charge in [-0.2, -0.15) is 8.42 Å². The van der Waals surface area contributed by atoms with Gasteiger partial charge in [0.05, 0.1) is 19.8 Å². The lowest BCUT2D eigenvalue weighted by Crippen LogP contribution is -2.60. The van der Waals surface area contributed by atoms with Crippen LogP contribution in [0.25, 0.3) is 0 Å². The van der Waals surface area contributed by atoms with Crippen LogP contribution in [0.1, 0.15) is 251 Å². The lowest BCUT2D eigenvalue weighted by molar-refractivity contribution is -0.301. The average Bonchev–Trinajstić information content (AvgIpc) is 3.30. The molecule has 1 aliphatic heterocycles. The Balaban J connectivity index is 2.27. The third-order valence-electron chi connectivity index (χ3n) is 12.8. The Morgan fingerprint density at radius 2 is 0.940 bits per heavy atom. The number of carbonyl (C=O) groups excluding carboxylic acids is 1. The molecule has 0 aromatic heterocycles. The maximum absolute atomic E-state index is 12.9. The molecule has 1 aliphatic rings. The van der Waals surface area contributed by atoms with Gasteiger partial charge in [0.25, 0.3) is 0 Å². The second-order valence-electron chi connectivity index (χ2n) is 19.2. The zero-order chi connectivity index (χ0) is 48.9. The normalized spacial score (nSPS) is 19.5. The zero-order valence-electron chi connectivity index (χ0n) is 42.7. The number of unbranched alkanes of at least 4 members (excludes halogenated alkanes) is 32. The van der Waals surface area contributed by atoms with Crippen molar-refractivity contribution in [1.82, 2.24) is 0 Å². The summed E-state index contributed by atoms with van der Waals surface area (Å²) >= 11 is 0. The number of esters is 1. The monoisotopic (exact) mass is 975 g/mol. The van der Waals surface area contributed by atoms with Crippen molar-refractivity contribution in [2.45, 2.75) is 288 Å². The van der Waals surface area contributed by atoms with E-state index in [0.717, 1.165) is 57.8 Å². The smallest absolute Gasteiger partial charge is 0.397 e. The van der Waals surface area contributed by atoms with Gasteiger partial charge < -0.3 is 34.3 Å². The van der Waals surface area contributed by atoms with Crippen LogP contribution in [-0.4, -0.2) is 97.5 Å². The Morgan fingerprint density at radius 1 is 0.552 bits per heavy atom. The molecule has 0 saturated carbocycles. The van der Waals surface area contributed by atoms with Gasteiger partial charge in [-0.1, -0.05) is 205 Å². The second-order valence-corrected chi connectivity index (χ2v) is 20.2. The Kier molecular flexibility index (Phi) is 43.4. The number of ether oxygens (including phenoxy) is 4. The van der Waals surface area contributed by atoms with Gasteiger partial charge in [-0.05, 0) is 64.2 Å². The molecule has 13 heteroatoms. The number of rotatable bonds is 49. The molecule has 0 spiro atoms. The average molecular weight is 975 g/mol. The van der Waals surface area contributed by atoms with Gasteiger partial charge in [0.1, 0.15) is 30.5 Å². The molecule has 12 nitrogen and oxygen atoms in total. The second kappa shape index (κ2) is 45.7. The molecule has 0 radical (unpaired) electrons. The molecule has 1 saturated heterocycles. The van der Waals surface area contributed by atoms with Crippen molar-refractivity contribution in [3.05, 3.63) is 24.3 Å². The third-order valence-corrected chi connectivity index (χ3v) is 13.3. The molecule has 0 amide bonds. The molecule has 0 bridgehead atoms. The summed E-state index contributed by atoms with van der Waals surface area (Å²) in [6, 6.07) is 0. The minimum absolute atomic E-state index is 0.0363. The molecule has 1 heterocycles. The minimum Gasteiger partial charge on any atom is -0.457 e. The zero-order valence-corrected chi connectivity index (χ0v) is 43.5. The summed E-state index contributed by atoms with van der Waals surface area (Å²) in [6.45, 7) is 4.01. The summed E-state index contributed by atoms with van der Waals surface area (Å²) in [5, 5.41) is 30.8. The standard InChI is InChI=1S/C54H102O12S/c1-3-5-7-9-11-13-15-17-19-20-21-22-23-24-25-26-27-28-29-30-32-34-36-38-40-42-44-62-46-48(47-63-54-52(58)53(66-67(59,60)61)51(57)49(45-55)65-54)64-50(56)43-41-39-37-35-33-31-18-16-14-12-10-8-6-4-2/h16,18,20-21,48-49,51-55,57-58H,3-15,17,19,22-47H2,1-2H3,(H,59,60,61)/b18-16-,21-20-. The van der Waals surface area contributed by atoms with Crippen LogP contribution in [0.2, 0.25) is 0 Å². The van der Waals surface area contributed by atoms with E-state index in [4.69, 9.17) is 18.9 Å². The van der Waals surface area contributed by atoms with Gasteiger partial charge in [-0.3, -0.25) is 9.35 Å². The van der Waals surface area contributed by atoms with Crippen molar-refractivity contribution in [1.29, 1.82) is 0 Å². The van der Waals surface area contributed by atoms with Crippen molar-refractivity contribution < 1.29 is 56.2 Å². The van der Waals surface area contributed by atoms with E-state index in [0.29, 0.717) is 13.0 Å². The molecule has 67 heavy (non-hydrogen) atoms. The maximum Gasteiger partial charge on any atom is 0.397 e. The van der Waals surface area contributed by atoms with Crippen molar-refractivity contribution >= 4 is 16.4 Å². The van der Waals surface area contributed by atoms with Crippen LogP contribution < -0.4 is 0 Å². The van der Waals surface area contributed by atoms with Gasteiger partial charge in [0.15, 0.2) is 6.29 Å². The molecule has 396 valence electrons. The molecule has 1 rings (SSSR count). The number of hydrogen-bond acceptors (Lipinski definition) is 11.